The molecular weight excluding hydrogens is 1150 g/mol. The van der Waals surface area contributed by atoms with E-state index in [0.717, 1.165) is 70.6 Å². The van der Waals surface area contributed by atoms with Crippen molar-refractivity contribution in [3.63, 3.8) is 0 Å². The van der Waals surface area contributed by atoms with Gasteiger partial charge in [0.15, 0.2) is 6.10 Å². The summed E-state index contributed by atoms with van der Waals surface area (Å²) in [5, 5.41) is 9.77. The zero-order valence-corrected chi connectivity index (χ0v) is 62.2. The normalized spacial score (nSPS) is 13.0. The van der Waals surface area contributed by atoms with Crippen LogP contribution in [0, 0.1) is 0 Å². The van der Waals surface area contributed by atoms with Crippen LogP contribution in [0.15, 0.2) is 72.9 Å². The van der Waals surface area contributed by atoms with Crippen LogP contribution in [0.5, 0.6) is 0 Å². The van der Waals surface area contributed by atoms with Gasteiger partial charge in [0, 0.05) is 12.8 Å². The Labute approximate surface area is 577 Å². The molecule has 0 amide bonds. The van der Waals surface area contributed by atoms with E-state index in [0.29, 0.717) is 17.4 Å². The Balaban J connectivity index is 3.97. The van der Waals surface area contributed by atoms with E-state index in [4.69, 9.17) is 18.9 Å². The first-order valence-electron chi connectivity index (χ1n) is 40.1. The zero-order valence-electron chi connectivity index (χ0n) is 62.2. The second-order valence-corrected chi connectivity index (χ2v) is 28.3. The molecule has 0 aromatic heterocycles. The molecule has 2 unspecified atom stereocenters. The third kappa shape index (κ3) is 76.0. The van der Waals surface area contributed by atoms with Gasteiger partial charge in [-0.05, 0) is 83.5 Å². The predicted octanol–water partition coefficient (Wildman–Crippen LogP) is 25.6. The summed E-state index contributed by atoms with van der Waals surface area (Å²) < 4.78 is 23.1. The Morgan fingerprint density at radius 1 is 0.333 bits per heavy atom. The average molecular weight is 1310 g/mol. The standard InChI is InChI=1S/C84H153NO8/c1-6-8-10-12-14-16-18-20-22-24-26-28-30-32-34-36-38-39-40-41-42-43-45-47-49-51-53-55-57-59-61-63-65-67-69-71-73-75-82(87)93-80(79-92-84(83(88)89)90-77-76-85(3,4)5)78-91-81(86)74-72-70-68-66-64-62-60-58-56-54-52-50-48-46-44-37-35-33-31-29-27-25-23-21-19-17-15-13-11-9-7-2/h8,10,14,16,19-22,25-28,80,84H,6-7,9,11-13,15,17-18,23-24,29-79H2,1-5H3/p+1/b10-8-,16-14-,21-19-,22-20-,27-25-,28-26-. The molecule has 93 heavy (non-hydrogen) atoms. The minimum atomic E-state index is -1.51. The first-order valence-corrected chi connectivity index (χ1v) is 40.1. The molecule has 0 saturated heterocycles. The van der Waals surface area contributed by atoms with Crippen LogP contribution in [-0.4, -0.2) is 87.4 Å². The summed E-state index contributed by atoms with van der Waals surface area (Å²) in [5.41, 5.74) is 0. The number of hydrogen-bond donors (Lipinski definition) is 1. The van der Waals surface area contributed by atoms with E-state index < -0.39 is 18.4 Å². The van der Waals surface area contributed by atoms with E-state index in [9.17, 15) is 19.5 Å². The lowest BCUT2D eigenvalue weighted by atomic mass is 10.0. The molecule has 0 aromatic carbocycles. The molecule has 0 heterocycles. The molecule has 0 aliphatic rings. The molecule has 0 radical (unpaired) electrons. The van der Waals surface area contributed by atoms with Gasteiger partial charge in [-0.15, -0.1) is 0 Å². The quantitative estimate of drug-likeness (QED) is 0.0211. The summed E-state index contributed by atoms with van der Waals surface area (Å²) in [6.45, 7) is 4.82. The number of carboxylic acids is 1. The van der Waals surface area contributed by atoms with Crippen molar-refractivity contribution in [1.82, 2.24) is 0 Å². The first kappa shape index (κ1) is 89.7. The van der Waals surface area contributed by atoms with Crippen molar-refractivity contribution in [2.75, 3.05) is 47.5 Å². The van der Waals surface area contributed by atoms with Gasteiger partial charge in [0.1, 0.15) is 13.2 Å². The maximum absolute atomic E-state index is 13.0. The monoisotopic (exact) mass is 1310 g/mol. The van der Waals surface area contributed by atoms with E-state index in [1.165, 1.54) is 289 Å². The first-order chi connectivity index (χ1) is 45.6. The number of quaternary nitrogens is 1. The Bertz CT molecular complexity index is 1760. The van der Waals surface area contributed by atoms with Crippen molar-refractivity contribution < 1.29 is 42.9 Å². The lowest BCUT2D eigenvalue weighted by Crippen LogP contribution is -2.40. The van der Waals surface area contributed by atoms with Gasteiger partial charge < -0.3 is 28.5 Å². The number of unbranched alkanes of at least 4 members (excludes halogenated alkanes) is 48. The number of allylic oxidation sites excluding steroid dienone is 12. The van der Waals surface area contributed by atoms with Crippen LogP contribution < -0.4 is 0 Å². The van der Waals surface area contributed by atoms with E-state index >= 15 is 0 Å². The molecule has 0 aliphatic carbocycles. The molecule has 0 fully saturated rings. The maximum Gasteiger partial charge on any atom is 0.361 e. The molecule has 0 spiro atoms. The third-order valence-corrected chi connectivity index (χ3v) is 17.9. The summed E-state index contributed by atoms with van der Waals surface area (Å²) in [6, 6.07) is 0. The molecule has 9 nitrogen and oxygen atoms in total. The van der Waals surface area contributed by atoms with Crippen molar-refractivity contribution in [3.8, 4) is 0 Å². The Kier molecular flexibility index (Phi) is 71.9. The summed E-state index contributed by atoms with van der Waals surface area (Å²) in [6.07, 6.45) is 97.7. The highest BCUT2D eigenvalue weighted by Crippen LogP contribution is 2.19. The smallest absolute Gasteiger partial charge is 0.361 e. The molecule has 9 heteroatoms. The van der Waals surface area contributed by atoms with Gasteiger partial charge in [-0.1, -0.05) is 363 Å². The van der Waals surface area contributed by atoms with Crippen molar-refractivity contribution in [3.05, 3.63) is 72.9 Å². The van der Waals surface area contributed by atoms with Crippen molar-refractivity contribution in [2.45, 2.75) is 399 Å². The highest BCUT2D eigenvalue weighted by Gasteiger charge is 2.25. The molecule has 0 aromatic rings. The topological polar surface area (TPSA) is 108 Å². The molecular formula is C84H154NO8+. The van der Waals surface area contributed by atoms with Gasteiger partial charge in [0.25, 0.3) is 6.29 Å². The SMILES string of the molecule is CC/C=C\C/C=C\C/C=C\C/C=C\CCCCCCCCCCCCCCCCCCCCCCCCCCC(=O)OC(COC(=O)CCCCCCCCCCCCCCCCCCCCC/C=C\C/C=C\CCCCCCC)COC(OCC[N+](C)(C)C)C(=O)O. The van der Waals surface area contributed by atoms with Crippen molar-refractivity contribution in [2.24, 2.45) is 0 Å². The van der Waals surface area contributed by atoms with Gasteiger partial charge in [0.05, 0.1) is 34.4 Å². The second kappa shape index (κ2) is 74.5. The zero-order chi connectivity index (χ0) is 67.5. The van der Waals surface area contributed by atoms with Gasteiger partial charge in [0.2, 0.25) is 0 Å². The number of carbonyl (C=O) groups excluding carboxylic acids is 2. The van der Waals surface area contributed by atoms with E-state index in [1.54, 1.807) is 0 Å². The lowest BCUT2D eigenvalue weighted by Gasteiger charge is -2.25. The van der Waals surface area contributed by atoms with E-state index in [1.807, 2.05) is 21.1 Å². The molecule has 0 bridgehead atoms. The van der Waals surface area contributed by atoms with E-state index in [-0.39, 0.29) is 38.2 Å². The Morgan fingerprint density at radius 3 is 0.914 bits per heavy atom. The largest absolute Gasteiger partial charge is 0.477 e. The van der Waals surface area contributed by atoms with Gasteiger partial charge in [-0.25, -0.2) is 4.79 Å². The van der Waals surface area contributed by atoms with Crippen LogP contribution in [0.4, 0.5) is 0 Å². The number of esters is 2. The van der Waals surface area contributed by atoms with Crippen LogP contribution >= 0.6 is 0 Å². The van der Waals surface area contributed by atoms with Crippen LogP contribution in [0.25, 0.3) is 0 Å². The van der Waals surface area contributed by atoms with Gasteiger partial charge >= 0.3 is 17.9 Å². The second-order valence-electron chi connectivity index (χ2n) is 28.3. The minimum Gasteiger partial charge on any atom is -0.477 e. The average Bonchev–Trinajstić information content (AvgIpc) is 3.73. The van der Waals surface area contributed by atoms with Crippen molar-refractivity contribution in [1.29, 1.82) is 0 Å². The van der Waals surface area contributed by atoms with Crippen LogP contribution in [0.1, 0.15) is 386 Å². The highest BCUT2D eigenvalue weighted by atomic mass is 16.7. The lowest BCUT2D eigenvalue weighted by molar-refractivity contribution is -0.870. The molecule has 542 valence electrons. The summed E-state index contributed by atoms with van der Waals surface area (Å²) >= 11 is 0. The Hall–Kier alpha value is -3.27. The fourth-order valence-corrected chi connectivity index (χ4v) is 11.9. The summed E-state index contributed by atoms with van der Waals surface area (Å²) in [7, 11) is 6.00. The van der Waals surface area contributed by atoms with E-state index in [2.05, 4.69) is 86.8 Å². The molecule has 0 aliphatic heterocycles. The van der Waals surface area contributed by atoms with Crippen LogP contribution in [0.3, 0.4) is 0 Å². The van der Waals surface area contributed by atoms with Crippen LogP contribution in [-0.2, 0) is 33.3 Å². The van der Waals surface area contributed by atoms with Crippen molar-refractivity contribution >= 4 is 17.9 Å². The molecule has 0 saturated carbocycles. The number of aliphatic carboxylic acids is 1. The number of likely N-dealkylation sites (N-methyl/N-ethyl adjacent to an activating group) is 1. The molecule has 0 rings (SSSR count). The summed E-state index contributed by atoms with van der Waals surface area (Å²) in [4.78, 5) is 37.7. The fraction of sp³-hybridized carbons (Fsp3) is 0.821. The van der Waals surface area contributed by atoms with Gasteiger partial charge in [-0.2, -0.15) is 0 Å². The highest BCUT2D eigenvalue weighted by molar-refractivity contribution is 5.71. The number of hydrogen-bond acceptors (Lipinski definition) is 7. The third-order valence-electron chi connectivity index (χ3n) is 17.9. The molecule has 1 N–H and O–H groups in total. The summed E-state index contributed by atoms with van der Waals surface area (Å²) in [5.74, 6) is -1.98. The molecule has 2 atom stereocenters. The van der Waals surface area contributed by atoms with Crippen LogP contribution in [0.2, 0.25) is 0 Å². The predicted molar refractivity (Wildman–Crippen MR) is 401 cm³/mol. The van der Waals surface area contributed by atoms with Gasteiger partial charge in [-0.3, -0.25) is 9.59 Å². The number of carboxylic acid groups (broad SMARTS) is 1. The Morgan fingerprint density at radius 2 is 0.613 bits per heavy atom. The number of nitrogens with zero attached hydrogens (tertiary/aromatic N) is 1. The number of ether oxygens (including phenoxy) is 4. The maximum atomic E-state index is 13.0. The number of rotatable bonds is 75. The minimum absolute atomic E-state index is 0.177. The number of carbonyl (C=O) groups is 3. The fourth-order valence-electron chi connectivity index (χ4n) is 11.9.